The number of furan rings is 1. The number of amides is 1. The first-order chi connectivity index (χ1) is 9.61. The van der Waals surface area contributed by atoms with Crippen LogP contribution in [0.15, 0.2) is 21.7 Å². The summed E-state index contributed by atoms with van der Waals surface area (Å²) >= 11 is 0. The van der Waals surface area contributed by atoms with E-state index in [9.17, 15) is 14.9 Å². The summed E-state index contributed by atoms with van der Waals surface area (Å²) in [5.74, 6) is -0.778. The van der Waals surface area contributed by atoms with Crippen molar-refractivity contribution in [1.29, 1.82) is 0 Å². The van der Waals surface area contributed by atoms with Crippen LogP contribution in [0.4, 0.5) is 5.88 Å². The van der Waals surface area contributed by atoms with Crippen LogP contribution < -0.4 is 0 Å². The Bertz CT molecular complexity index is 527. The number of carbonyl (C=O) groups excluding carboxylic acids is 1. The van der Waals surface area contributed by atoms with Crippen LogP contribution in [0.25, 0.3) is 0 Å². The standard InChI is InChI=1S/C12H15N3O5/c1-2-19-13-9-5-7-14(8-6-9)12(16)10-3-4-11(20-10)15(17)18/h3-4H,2,5-8H2,1H3. The lowest BCUT2D eigenvalue weighted by Crippen LogP contribution is -2.38. The number of likely N-dealkylation sites (tertiary alicyclic amines) is 1. The summed E-state index contributed by atoms with van der Waals surface area (Å²) in [5, 5.41) is 14.5. The van der Waals surface area contributed by atoms with Gasteiger partial charge in [-0.1, -0.05) is 5.16 Å². The van der Waals surface area contributed by atoms with Crippen molar-refractivity contribution in [3.8, 4) is 0 Å². The Morgan fingerprint density at radius 2 is 2.20 bits per heavy atom. The van der Waals surface area contributed by atoms with E-state index in [1.54, 1.807) is 4.90 Å². The van der Waals surface area contributed by atoms with Gasteiger partial charge in [-0.3, -0.25) is 14.9 Å². The van der Waals surface area contributed by atoms with E-state index in [-0.39, 0.29) is 11.7 Å². The lowest BCUT2D eigenvalue weighted by molar-refractivity contribution is -0.402. The van der Waals surface area contributed by atoms with E-state index >= 15 is 0 Å². The average molecular weight is 281 g/mol. The van der Waals surface area contributed by atoms with Gasteiger partial charge < -0.3 is 14.2 Å². The van der Waals surface area contributed by atoms with E-state index in [4.69, 9.17) is 9.25 Å². The Morgan fingerprint density at radius 3 is 2.75 bits per heavy atom. The molecule has 2 rings (SSSR count). The first-order valence-electron chi connectivity index (χ1n) is 6.33. The molecule has 1 fully saturated rings. The van der Waals surface area contributed by atoms with Crippen molar-refractivity contribution in [2.45, 2.75) is 19.8 Å². The molecule has 0 N–H and O–H groups in total. The summed E-state index contributed by atoms with van der Waals surface area (Å²) in [4.78, 5) is 28.5. The molecule has 0 aromatic carbocycles. The highest BCUT2D eigenvalue weighted by molar-refractivity contribution is 5.94. The third-order valence-corrected chi connectivity index (χ3v) is 2.93. The highest BCUT2D eigenvalue weighted by atomic mass is 16.6. The summed E-state index contributed by atoms with van der Waals surface area (Å²) in [6, 6.07) is 2.50. The number of hydrogen-bond donors (Lipinski definition) is 0. The zero-order valence-electron chi connectivity index (χ0n) is 11.1. The summed E-state index contributed by atoms with van der Waals surface area (Å²) in [5.41, 5.74) is 0.918. The molecule has 1 aromatic rings. The summed E-state index contributed by atoms with van der Waals surface area (Å²) in [6.07, 6.45) is 1.27. The molecule has 1 aliphatic rings. The van der Waals surface area contributed by atoms with Gasteiger partial charge in [0.15, 0.2) is 5.76 Å². The van der Waals surface area contributed by atoms with Crippen molar-refractivity contribution in [2.75, 3.05) is 19.7 Å². The molecule has 20 heavy (non-hydrogen) atoms. The predicted octanol–water partition coefficient (Wildman–Crippen LogP) is 1.82. The number of oxime groups is 1. The molecular formula is C12H15N3O5. The van der Waals surface area contributed by atoms with Gasteiger partial charge in [-0.05, 0) is 13.0 Å². The molecule has 1 aromatic heterocycles. The zero-order chi connectivity index (χ0) is 14.5. The van der Waals surface area contributed by atoms with E-state index in [1.165, 1.54) is 12.1 Å². The van der Waals surface area contributed by atoms with Crippen LogP contribution in [0.1, 0.15) is 30.3 Å². The SMILES string of the molecule is CCON=C1CCN(C(=O)c2ccc([N+](=O)[O-])o2)CC1. The fourth-order valence-corrected chi connectivity index (χ4v) is 1.91. The molecule has 1 amide bonds. The lowest BCUT2D eigenvalue weighted by atomic mass is 10.1. The largest absolute Gasteiger partial charge is 0.433 e. The van der Waals surface area contributed by atoms with Crippen molar-refractivity contribution in [3.63, 3.8) is 0 Å². The molecule has 0 unspecified atom stereocenters. The smallest absolute Gasteiger partial charge is 0.396 e. The minimum absolute atomic E-state index is 0.0121. The molecule has 0 atom stereocenters. The second-order valence-corrected chi connectivity index (χ2v) is 4.26. The van der Waals surface area contributed by atoms with E-state index in [0.717, 1.165) is 5.71 Å². The van der Waals surface area contributed by atoms with Crippen molar-refractivity contribution in [3.05, 3.63) is 28.0 Å². The topological polar surface area (TPSA) is 98.2 Å². The van der Waals surface area contributed by atoms with Crippen molar-refractivity contribution in [2.24, 2.45) is 5.16 Å². The molecule has 0 aliphatic carbocycles. The summed E-state index contributed by atoms with van der Waals surface area (Å²) < 4.78 is 4.91. The second kappa shape index (κ2) is 6.18. The van der Waals surface area contributed by atoms with E-state index in [0.29, 0.717) is 32.5 Å². The molecule has 1 aliphatic heterocycles. The van der Waals surface area contributed by atoms with E-state index < -0.39 is 10.8 Å². The molecular weight excluding hydrogens is 266 g/mol. The molecule has 8 nitrogen and oxygen atoms in total. The third kappa shape index (κ3) is 3.14. The molecule has 8 heteroatoms. The fourth-order valence-electron chi connectivity index (χ4n) is 1.91. The Morgan fingerprint density at radius 1 is 1.50 bits per heavy atom. The molecule has 0 bridgehead atoms. The van der Waals surface area contributed by atoms with Crippen LogP contribution >= 0.6 is 0 Å². The van der Waals surface area contributed by atoms with Gasteiger partial charge in [-0.25, -0.2) is 0 Å². The van der Waals surface area contributed by atoms with Crippen molar-refractivity contribution in [1.82, 2.24) is 4.90 Å². The maximum Gasteiger partial charge on any atom is 0.433 e. The van der Waals surface area contributed by atoms with Crippen LogP contribution in [0.2, 0.25) is 0 Å². The number of nitrogens with zero attached hydrogens (tertiary/aromatic N) is 3. The van der Waals surface area contributed by atoms with Crippen molar-refractivity contribution >= 4 is 17.5 Å². The number of nitro groups is 1. The fraction of sp³-hybridized carbons (Fsp3) is 0.500. The van der Waals surface area contributed by atoms with Crippen LogP contribution in [0.5, 0.6) is 0 Å². The maximum atomic E-state index is 12.1. The van der Waals surface area contributed by atoms with Gasteiger partial charge >= 0.3 is 5.88 Å². The molecule has 0 saturated carbocycles. The van der Waals surface area contributed by atoms with Gasteiger partial charge in [0.05, 0.1) is 11.8 Å². The minimum Gasteiger partial charge on any atom is -0.396 e. The van der Waals surface area contributed by atoms with Crippen LogP contribution in [-0.4, -0.2) is 41.1 Å². The number of carbonyl (C=O) groups is 1. The number of rotatable bonds is 4. The lowest BCUT2D eigenvalue weighted by Gasteiger charge is -2.26. The summed E-state index contributed by atoms with van der Waals surface area (Å²) in [6.45, 7) is 3.37. The zero-order valence-corrected chi connectivity index (χ0v) is 11.1. The minimum atomic E-state index is -0.667. The first kappa shape index (κ1) is 14.0. The molecule has 0 spiro atoms. The first-order valence-corrected chi connectivity index (χ1v) is 6.33. The summed E-state index contributed by atoms with van der Waals surface area (Å²) in [7, 11) is 0. The van der Waals surface area contributed by atoms with E-state index in [1.807, 2.05) is 6.92 Å². The maximum absolute atomic E-state index is 12.1. The van der Waals surface area contributed by atoms with Gasteiger partial charge in [0, 0.05) is 25.9 Å². The van der Waals surface area contributed by atoms with Gasteiger partial charge in [-0.2, -0.15) is 0 Å². The van der Waals surface area contributed by atoms with Crippen molar-refractivity contribution < 1.29 is 19.0 Å². The number of piperidine rings is 1. The normalized spacial score (nSPS) is 15.1. The average Bonchev–Trinajstić information content (AvgIpc) is 2.95. The van der Waals surface area contributed by atoms with Gasteiger partial charge in [0.2, 0.25) is 0 Å². The third-order valence-electron chi connectivity index (χ3n) is 2.93. The predicted molar refractivity (Wildman–Crippen MR) is 69.6 cm³/mol. The monoisotopic (exact) mass is 281 g/mol. The Balaban J connectivity index is 1.96. The Kier molecular flexibility index (Phi) is 4.34. The number of hydrogen-bond acceptors (Lipinski definition) is 6. The highest BCUT2D eigenvalue weighted by Gasteiger charge is 2.25. The van der Waals surface area contributed by atoms with Crippen LogP contribution in [0, 0.1) is 10.1 Å². The second-order valence-electron chi connectivity index (χ2n) is 4.26. The molecule has 1 saturated heterocycles. The highest BCUT2D eigenvalue weighted by Crippen LogP contribution is 2.19. The van der Waals surface area contributed by atoms with Gasteiger partial charge in [-0.15, -0.1) is 0 Å². The van der Waals surface area contributed by atoms with Gasteiger partial charge in [0.25, 0.3) is 5.91 Å². The van der Waals surface area contributed by atoms with Crippen LogP contribution in [0.3, 0.4) is 0 Å². The van der Waals surface area contributed by atoms with Gasteiger partial charge in [0.1, 0.15) is 11.5 Å². The Labute approximate surface area is 115 Å². The van der Waals surface area contributed by atoms with Crippen LogP contribution in [-0.2, 0) is 4.84 Å². The molecule has 2 heterocycles. The quantitative estimate of drug-likeness (QED) is 0.619. The van der Waals surface area contributed by atoms with E-state index in [2.05, 4.69) is 5.16 Å². The molecule has 0 radical (unpaired) electrons. The molecule has 108 valence electrons. The Hall–Kier alpha value is -2.38.